The summed E-state index contributed by atoms with van der Waals surface area (Å²) in [5, 5.41) is 19.0. The van der Waals surface area contributed by atoms with Crippen LogP contribution in [0.1, 0.15) is 55.6 Å². The molecule has 1 aromatic carbocycles. The first-order valence-corrected chi connectivity index (χ1v) is 10.0. The Morgan fingerprint density at radius 1 is 1.17 bits per heavy atom. The van der Waals surface area contributed by atoms with Crippen molar-refractivity contribution in [3.8, 4) is 5.69 Å². The van der Waals surface area contributed by atoms with Crippen molar-refractivity contribution in [2.24, 2.45) is 0 Å². The largest absolute Gasteiger partial charge is 0.386 e. The maximum Gasteiger partial charge on any atom is 0.256 e. The van der Waals surface area contributed by atoms with Crippen LogP contribution in [0.2, 0.25) is 0 Å². The molecule has 0 spiro atoms. The smallest absolute Gasteiger partial charge is 0.256 e. The number of hydrogen-bond donors (Lipinski definition) is 1. The van der Waals surface area contributed by atoms with Crippen molar-refractivity contribution in [2.45, 2.75) is 51.3 Å². The van der Waals surface area contributed by atoms with Crippen LogP contribution in [0.25, 0.3) is 5.69 Å². The van der Waals surface area contributed by atoms with E-state index < -0.39 is 5.60 Å². The molecule has 7 heteroatoms. The van der Waals surface area contributed by atoms with Gasteiger partial charge in [-0.15, -0.1) is 0 Å². The molecule has 0 radical (unpaired) electrons. The van der Waals surface area contributed by atoms with Crippen LogP contribution in [0.3, 0.4) is 0 Å². The van der Waals surface area contributed by atoms with Gasteiger partial charge in [0.05, 0.1) is 29.1 Å². The van der Waals surface area contributed by atoms with Gasteiger partial charge < -0.3 is 10.0 Å². The first-order valence-electron chi connectivity index (χ1n) is 10.0. The third-order valence-electron chi connectivity index (χ3n) is 5.69. The Bertz CT molecular complexity index is 987. The van der Waals surface area contributed by atoms with Crippen molar-refractivity contribution in [3.05, 3.63) is 66.2 Å². The lowest BCUT2D eigenvalue weighted by Crippen LogP contribution is -2.46. The summed E-state index contributed by atoms with van der Waals surface area (Å²) in [6.07, 6.45) is 8.99. The average Bonchev–Trinajstić information content (AvgIpc) is 3.40. The standard InChI is InChI=1S/C22H27N5O2/c1-16-9-10-18(27-14-17(13-24-27)22(2,3)29)15-25(16)21(28)19-7-4-5-8-20(19)26-12-6-11-23-26/h4-8,11-14,16,18,29H,9-10,15H2,1-3H3/t16-,18-/m1/s1. The van der Waals surface area contributed by atoms with E-state index >= 15 is 0 Å². The fourth-order valence-electron chi connectivity index (χ4n) is 3.86. The molecular weight excluding hydrogens is 366 g/mol. The lowest BCUT2D eigenvalue weighted by molar-refractivity contribution is 0.0556. The van der Waals surface area contributed by atoms with Gasteiger partial charge in [0.15, 0.2) is 0 Å². The number of rotatable bonds is 4. The molecule has 2 atom stereocenters. The summed E-state index contributed by atoms with van der Waals surface area (Å²) < 4.78 is 3.61. The van der Waals surface area contributed by atoms with Gasteiger partial charge in [-0.25, -0.2) is 4.68 Å². The minimum absolute atomic E-state index is 0.00293. The molecule has 1 saturated heterocycles. The van der Waals surface area contributed by atoms with Gasteiger partial charge >= 0.3 is 0 Å². The number of amides is 1. The maximum atomic E-state index is 13.5. The second-order valence-corrected chi connectivity index (χ2v) is 8.27. The molecule has 3 aromatic rings. The van der Waals surface area contributed by atoms with E-state index in [-0.39, 0.29) is 18.0 Å². The van der Waals surface area contributed by atoms with Crippen LogP contribution >= 0.6 is 0 Å². The molecule has 4 rings (SSSR count). The molecule has 2 aromatic heterocycles. The van der Waals surface area contributed by atoms with Crippen LogP contribution in [0.15, 0.2) is 55.1 Å². The Hall–Kier alpha value is -2.93. The highest BCUT2D eigenvalue weighted by atomic mass is 16.3. The molecule has 152 valence electrons. The summed E-state index contributed by atoms with van der Waals surface area (Å²) >= 11 is 0. The van der Waals surface area contributed by atoms with E-state index in [9.17, 15) is 9.90 Å². The minimum Gasteiger partial charge on any atom is -0.386 e. The van der Waals surface area contributed by atoms with Crippen molar-refractivity contribution in [2.75, 3.05) is 6.54 Å². The Morgan fingerprint density at radius 3 is 2.66 bits per heavy atom. The summed E-state index contributed by atoms with van der Waals surface area (Å²) in [7, 11) is 0. The molecule has 7 nitrogen and oxygen atoms in total. The monoisotopic (exact) mass is 393 g/mol. The van der Waals surface area contributed by atoms with E-state index in [0.29, 0.717) is 12.1 Å². The minimum atomic E-state index is -0.932. The second-order valence-electron chi connectivity index (χ2n) is 8.27. The van der Waals surface area contributed by atoms with Gasteiger partial charge in [0.1, 0.15) is 0 Å². The maximum absolute atomic E-state index is 13.5. The fraction of sp³-hybridized carbons (Fsp3) is 0.409. The van der Waals surface area contributed by atoms with Crippen LogP contribution in [0.5, 0.6) is 0 Å². The predicted molar refractivity (Wildman–Crippen MR) is 110 cm³/mol. The topological polar surface area (TPSA) is 76.2 Å². The molecule has 1 amide bonds. The second kappa shape index (κ2) is 7.48. The van der Waals surface area contributed by atoms with E-state index in [4.69, 9.17) is 0 Å². The summed E-state index contributed by atoms with van der Waals surface area (Å²) in [6.45, 7) is 6.18. The Kier molecular flexibility index (Phi) is 5.00. The van der Waals surface area contributed by atoms with E-state index in [1.165, 1.54) is 0 Å². The fourth-order valence-corrected chi connectivity index (χ4v) is 3.86. The molecule has 1 N–H and O–H groups in total. The molecule has 0 bridgehead atoms. The molecule has 1 aliphatic heterocycles. The summed E-state index contributed by atoms with van der Waals surface area (Å²) in [6, 6.07) is 9.65. The number of benzene rings is 1. The molecule has 3 heterocycles. The molecule has 0 unspecified atom stereocenters. The van der Waals surface area contributed by atoms with Crippen molar-refractivity contribution < 1.29 is 9.90 Å². The number of carbonyl (C=O) groups is 1. The highest BCUT2D eigenvalue weighted by molar-refractivity contribution is 5.98. The van der Waals surface area contributed by atoms with Gasteiger partial charge in [-0.1, -0.05) is 12.1 Å². The zero-order chi connectivity index (χ0) is 20.6. The Morgan fingerprint density at radius 2 is 1.97 bits per heavy atom. The summed E-state index contributed by atoms with van der Waals surface area (Å²) in [4.78, 5) is 15.4. The zero-order valence-electron chi connectivity index (χ0n) is 17.1. The lowest BCUT2D eigenvalue weighted by atomic mass is 9.97. The highest BCUT2D eigenvalue weighted by Gasteiger charge is 2.32. The van der Waals surface area contributed by atoms with Gasteiger partial charge in [-0.05, 0) is 51.8 Å². The number of hydrogen-bond acceptors (Lipinski definition) is 4. The molecule has 29 heavy (non-hydrogen) atoms. The van der Waals surface area contributed by atoms with Crippen LogP contribution in [0.4, 0.5) is 0 Å². The van der Waals surface area contributed by atoms with Gasteiger partial charge in [0.25, 0.3) is 5.91 Å². The zero-order valence-corrected chi connectivity index (χ0v) is 17.1. The van der Waals surface area contributed by atoms with E-state index in [1.54, 1.807) is 30.9 Å². The Balaban J connectivity index is 1.60. The van der Waals surface area contributed by atoms with Gasteiger partial charge in [-0.3, -0.25) is 9.48 Å². The Labute approximate surface area is 170 Å². The third kappa shape index (κ3) is 3.82. The number of likely N-dealkylation sites (tertiary alicyclic amines) is 1. The summed E-state index contributed by atoms with van der Waals surface area (Å²) in [5.41, 5.74) is 1.26. The number of nitrogens with zero attached hydrogens (tertiary/aromatic N) is 5. The molecular formula is C22H27N5O2. The van der Waals surface area contributed by atoms with Crippen LogP contribution in [-0.4, -0.2) is 48.1 Å². The SMILES string of the molecule is C[C@@H]1CC[C@@H](n2cc(C(C)(C)O)cn2)CN1C(=O)c1ccccc1-n1cccn1. The van der Waals surface area contributed by atoms with Crippen LogP contribution < -0.4 is 0 Å². The van der Waals surface area contributed by atoms with Crippen LogP contribution in [0, 0.1) is 0 Å². The highest BCUT2D eigenvalue weighted by Crippen LogP contribution is 2.29. The number of para-hydroxylation sites is 1. The number of piperidine rings is 1. The molecule has 0 saturated carbocycles. The van der Waals surface area contributed by atoms with Gasteiger partial charge in [0.2, 0.25) is 0 Å². The van der Waals surface area contributed by atoms with Crippen molar-refractivity contribution in [1.29, 1.82) is 0 Å². The first kappa shape index (κ1) is 19.4. The van der Waals surface area contributed by atoms with Crippen LogP contribution in [-0.2, 0) is 5.60 Å². The molecule has 1 fully saturated rings. The lowest BCUT2D eigenvalue weighted by Gasteiger charge is -2.38. The van der Waals surface area contributed by atoms with E-state index in [1.807, 2.05) is 52.3 Å². The normalized spacial score (nSPS) is 20.1. The molecule has 0 aliphatic carbocycles. The van der Waals surface area contributed by atoms with E-state index in [0.717, 1.165) is 24.1 Å². The van der Waals surface area contributed by atoms with Crippen molar-refractivity contribution >= 4 is 5.91 Å². The number of aromatic nitrogens is 4. The third-order valence-corrected chi connectivity index (χ3v) is 5.69. The van der Waals surface area contributed by atoms with Crippen molar-refractivity contribution in [1.82, 2.24) is 24.5 Å². The predicted octanol–water partition coefficient (Wildman–Crippen LogP) is 3.16. The summed E-state index contributed by atoms with van der Waals surface area (Å²) in [5.74, 6) is 0.00293. The van der Waals surface area contributed by atoms with Gasteiger partial charge in [-0.2, -0.15) is 10.2 Å². The quantitative estimate of drug-likeness (QED) is 0.739. The molecule has 1 aliphatic rings. The number of carbonyl (C=O) groups excluding carboxylic acids is 1. The first-order chi connectivity index (χ1) is 13.8. The average molecular weight is 393 g/mol. The van der Waals surface area contributed by atoms with Crippen molar-refractivity contribution in [3.63, 3.8) is 0 Å². The van der Waals surface area contributed by atoms with Gasteiger partial charge in [0, 0.05) is 36.7 Å². The van der Waals surface area contributed by atoms with E-state index in [2.05, 4.69) is 17.1 Å². The number of aliphatic hydroxyl groups is 1.